The Labute approximate surface area is 214 Å². The van der Waals surface area contributed by atoms with Gasteiger partial charge in [-0.3, -0.25) is 0 Å². The minimum absolute atomic E-state index is 0.00219. The Hall–Kier alpha value is -1.34. The van der Waals surface area contributed by atoms with Crippen LogP contribution in [0.15, 0.2) is 119 Å². The molecular formula is C28H24IS3-. The van der Waals surface area contributed by atoms with Crippen molar-refractivity contribution in [1.82, 2.24) is 0 Å². The summed E-state index contributed by atoms with van der Waals surface area (Å²) < 4.78 is 2.95. The van der Waals surface area contributed by atoms with E-state index in [2.05, 4.69) is 133 Å². The number of benzene rings is 4. The normalized spacial score (nSPS) is 15.5. The predicted octanol–water partition coefficient (Wildman–Crippen LogP) is 5.04. The van der Waals surface area contributed by atoms with Crippen molar-refractivity contribution in [2.24, 2.45) is 0 Å². The fraction of sp³-hybridized carbons (Fsp3) is 0.143. The number of hydrogen-bond acceptors (Lipinski definition) is 3. The minimum atomic E-state index is -0.121. The molecule has 0 aliphatic carbocycles. The van der Waals surface area contributed by atoms with Gasteiger partial charge in [0.1, 0.15) is 0 Å². The van der Waals surface area contributed by atoms with Crippen LogP contribution in [0.2, 0.25) is 0 Å². The number of hydrogen-bond donors (Lipinski definition) is 0. The third-order valence-electron chi connectivity index (χ3n) is 5.29. The van der Waals surface area contributed by atoms with Gasteiger partial charge in [-0.25, -0.2) is 0 Å². The molecule has 1 fully saturated rings. The van der Waals surface area contributed by atoms with E-state index >= 15 is 0 Å². The maximum atomic E-state index is 2.38. The summed E-state index contributed by atoms with van der Waals surface area (Å²) in [6.07, 6.45) is 1.29. The van der Waals surface area contributed by atoms with E-state index < -0.39 is 0 Å². The fourth-order valence-corrected chi connectivity index (χ4v) is 10.2. The molecule has 1 aliphatic rings. The van der Waals surface area contributed by atoms with Crippen molar-refractivity contribution in [3.63, 3.8) is 0 Å². The van der Waals surface area contributed by atoms with Gasteiger partial charge in [0.05, 0.1) is 0 Å². The summed E-state index contributed by atoms with van der Waals surface area (Å²) in [4.78, 5) is 2.58. The molecule has 0 amide bonds. The Balaban J connectivity index is 1.40. The Morgan fingerprint density at radius 3 is 1.69 bits per heavy atom. The zero-order valence-electron chi connectivity index (χ0n) is 17.6. The van der Waals surface area contributed by atoms with Gasteiger partial charge >= 0.3 is 198 Å². The van der Waals surface area contributed by atoms with Crippen LogP contribution >= 0.6 is 35.3 Å². The van der Waals surface area contributed by atoms with Gasteiger partial charge in [0.2, 0.25) is 0 Å². The van der Waals surface area contributed by atoms with Crippen LogP contribution in [0, 0.1) is 7.14 Å². The molecule has 32 heavy (non-hydrogen) atoms. The molecule has 0 unspecified atom stereocenters. The van der Waals surface area contributed by atoms with E-state index in [-0.39, 0.29) is 25.3 Å². The van der Waals surface area contributed by atoms with Gasteiger partial charge in [-0.2, -0.15) is 0 Å². The SMILES string of the molecule is c1ccc(Sc2ccc(C3(c4ccc([I-]c5ccccc5)cc4)SCCCS3)cc2)cc1. The Kier molecular flexibility index (Phi) is 7.53. The van der Waals surface area contributed by atoms with E-state index in [0.29, 0.717) is 0 Å². The predicted molar refractivity (Wildman–Crippen MR) is 138 cm³/mol. The average Bonchev–Trinajstić information content (AvgIpc) is 2.87. The van der Waals surface area contributed by atoms with E-state index in [1.165, 1.54) is 46.0 Å². The van der Waals surface area contributed by atoms with Crippen LogP contribution < -0.4 is 21.2 Å². The van der Waals surface area contributed by atoms with Crippen LogP contribution in [0.4, 0.5) is 0 Å². The summed E-state index contributed by atoms with van der Waals surface area (Å²) in [7, 11) is 0. The third kappa shape index (κ3) is 5.24. The van der Waals surface area contributed by atoms with E-state index in [1.54, 1.807) is 0 Å². The van der Waals surface area contributed by atoms with Gasteiger partial charge in [0.15, 0.2) is 0 Å². The quantitative estimate of drug-likeness (QED) is 0.292. The van der Waals surface area contributed by atoms with Crippen molar-refractivity contribution < 1.29 is 21.2 Å². The summed E-state index contributed by atoms with van der Waals surface area (Å²) in [5, 5.41) is 0. The summed E-state index contributed by atoms with van der Waals surface area (Å²) in [6, 6.07) is 40.3. The molecule has 0 saturated carbocycles. The smallest absolute Gasteiger partial charge is 0.0611 e. The van der Waals surface area contributed by atoms with Crippen molar-refractivity contribution in [3.8, 4) is 0 Å². The maximum absolute atomic E-state index is 2.38. The molecule has 162 valence electrons. The molecule has 0 N–H and O–H groups in total. The first kappa shape index (κ1) is 22.5. The Morgan fingerprint density at radius 2 is 1.06 bits per heavy atom. The van der Waals surface area contributed by atoms with Crippen molar-refractivity contribution >= 4 is 35.3 Å². The van der Waals surface area contributed by atoms with Gasteiger partial charge in [-0.15, -0.1) is 0 Å². The second kappa shape index (κ2) is 10.7. The first-order chi connectivity index (χ1) is 15.8. The Bertz CT molecular complexity index is 1030. The molecule has 4 heteroatoms. The molecule has 0 atom stereocenters. The summed E-state index contributed by atoms with van der Waals surface area (Å²) >= 11 is 5.91. The molecule has 1 saturated heterocycles. The van der Waals surface area contributed by atoms with Gasteiger partial charge in [0.25, 0.3) is 0 Å². The molecule has 1 heterocycles. The second-order valence-corrected chi connectivity index (χ2v) is 14.6. The van der Waals surface area contributed by atoms with Crippen molar-refractivity contribution in [2.75, 3.05) is 11.5 Å². The van der Waals surface area contributed by atoms with Crippen molar-refractivity contribution in [3.05, 3.63) is 127 Å². The Morgan fingerprint density at radius 1 is 0.562 bits per heavy atom. The molecule has 4 aromatic carbocycles. The van der Waals surface area contributed by atoms with E-state index in [9.17, 15) is 0 Å². The molecule has 1 aliphatic heterocycles. The molecule has 0 bridgehead atoms. The molecule has 4 aromatic rings. The zero-order valence-corrected chi connectivity index (χ0v) is 22.2. The monoisotopic (exact) mass is 583 g/mol. The van der Waals surface area contributed by atoms with Gasteiger partial charge in [-0.1, -0.05) is 18.2 Å². The summed E-state index contributed by atoms with van der Waals surface area (Å²) in [5.41, 5.74) is 2.84. The van der Waals surface area contributed by atoms with Crippen LogP contribution in [0.3, 0.4) is 0 Å². The topological polar surface area (TPSA) is 0 Å². The summed E-state index contributed by atoms with van der Waals surface area (Å²) in [5.74, 6) is 2.43. The number of thioether (sulfide) groups is 2. The molecular weight excluding hydrogens is 559 g/mol. The van der Waals surface area contributed by atoms with Gasteiger partial charge < -0.3 is 0 Å². The van der Waals surface area contributed by atoms with E-state index in [0.717, 1.165) is 0 Å². The molecule has 5 rings (SSSR count). The van der Waals surface area contributed by atoms with E-state index in [1.807, 2.05) is 11.8 Å². The first-order valence-electron chi connectivity index (χ1n) is 10.7. The first-order valence-corrected chi connectivity index (χ1v) is 15.7. The van der Waals surface area contributed by atoms with Crippen LogP contribution in [0.1, 0.15) is 17.5 Å². The fourth-order valence-electron chi connectivity index (χ4n) is 3.74. The number of rotatable bonds is 6. The third-order valence-corrected chi connectivity index (χ3v) is 12.4. The molecule has 0 nitrogen and oxygen atoms in total. The van der Waals surface area contributed by atoms with Crippen molar-refractivity contribution in [2.45, 2.75) is 20.3 Å². The zero-order chi connectivity index (χ0) is 21.6. The molecule has 0 radical (unpaired) electrons. The van der Waals surface area contributed by atoms with Crippen LogP contribution in [-0.2, 0) is 4.08 Å². The molecule has 0 aromatic heterocycles. The van der Waals surface area contributed by atoms with Crippen LogP contribution in [0.25, 0.3) is 0 Å². The van der Waals surface area contributed by atoms with Gasteiger partial charge in [0, 0.05) is 0 Å². The van der Waals surface area contributed by atoms with Gasteiger partial charge in [-0.05, 0) is 0 Å². The van der Waals surface area contributed by atoms with E-state index in [4.69, 9.17) is 0 Å². The minimum Gasteiger partial charge on any atom is -0.0611 e. The van der Waals surface area contributed by atoms with Crippen LogP contribution in [0.5, 0.6) is 0 Å². The standard InChI is InChI=1S/C28H24IS3/c1-3-8-24(9-4-1)29-25-16-12-22(13-17-25)28(30-20-7-21-31-28)23-14-18-27(19-15-23)32-26-10-5-2-6-11-26/h1-6,8-19H,7,20-21H2/q-1. The van der Waals surface area contributed by atoms with Crippen molar-refractivity contribution in [1.29, 1.82) is 0 Å². The summed E-state index contributed by atoms with van der Waals surface area (Å²) in [6.45, 7) is 0. The number of halogens is 1. The average molecular weight is 584 g/mol. The molecule has 0 spiro atoms. The van der Waals surface area contributed by atoms with Crippen LogP contribution in [-0.4, -0.2) is 11.5 Å². The second-order valence-electron chi connectivity index (χ2n) is 7.50.